The number of aryl methyl sites for hydroxylation is 2. The molecule has 0 bridgehead atoms. The number of rotatable bonds is 5. The minimum absolute atomic E-state index is 0.654. The summed E-state index contributed by atoms with van der Waals surface area (Å²) in [6.45, 7) is 9.88. The van der Waals surface area contributed by atoms with E-state index < -0.39 is 0 Å². The lowest BCUT2D eigenvalue weighted by Gasteiger charge is -2.24. The molecule has 1 aliphatic heterocycles. The van der Waals surface area contributed by atoms with E-state index >= 15 is 0 Å². The van der Waals surface area contributed by atoms with Crippen LogP contribution in [0.15, 0.2) is 42.5 Å². The van der Waals surface area contributed by atoms with Crippen molar-refractivity contribution in [3.63, 3.8) is 0 Å². The van der Waals surface area contributed by atoms with Gasteiger partial charge in [-0.1, -0.05) is 30.3 Å². The fourth-order valence-electron chi connectivity index (χ4n) is 3.18. The Labute approximate surface area is 161 Å². The van der Waals surface area contributed by atoms with Crippen molar-refractivity contribution in [2.24, 2.45) is 0 Å². The van der Waals surface area contributed by atoms with Crippen molar-refractivity contribution in [3.8, 4) is 0 Å². The Morgan fingerprint density at radius 3 is 2.50 bits per heavy atom. The molecule has 0 radical (unpaired) electrons. The predicted octanol–water partition coefficient (Wildman–Crippen LogP) is 2.21. The summed E-state index contributed by atoms with van der Waals surface area (Å²) in [6, 6.07) is 14.9. The molecule has 138 valence electrons. The van der Waals surface area contributed by atoms with Gasteiger partial charge in [0.15, 0.2) is 5.11 Å². The summed E-state index contributed by atoms with van der Waals surface area (Å²) in [5.41, 5.74) is 6.25. The molecular formula is C21H28N3OS+. The number of thiocarbonyl (C=S) groups is 1. The second-order valence-electron chi connectivity index (χ2n) is 6.91. The molecule has 1 fully saturated rings. The van der Waals surface area contributed by atoms with Crippen LogP contribution in [0.4, 0.5) is 5.69 Å². The fourth-order valence-corrected chi connectivity index (χ4v) is 3.37. The lowest BCUT2D eigenvalue weighted by molar-refractivity contribution is -0.921. The summed E-state index contributed by atoms with van der Waals surface area (Å²) in [5.74, 6) is 0. The van der Waals surface area contributed by atoms with E-state index in [2.05, 4.69) is 66.9 Å². The van der Waals surface area contributed by atoms with Gasteiger partial charge in [-0.3, -0.25) is 0 Å². The summed E-state index contributed by atoms with van der Waals surface area (Å²) in [7, 11) is 0. The Bertz CT molecular complexity index is 757. The van der Waals surface area contributed by atoms with Crippen LogP contribution in [0.25, 0.3) is 0 Å². The van der Waals surface area contributed by atoms with Gasteiger partial charge in [-0.2, -0.15) is 0 Å². The standard InChI is InChI=1S/C21H27N3OS/c1-16-7-8-20(13-17(16)2)23-21(26)22-14-18-5-3-4-6-19(18)15-24-9-11-25-12-10-24/h3-8,13H,9-12,14-15H2,1-2H3,(H2,22,23,26)/p+1. The Kier molecular flexibility index (Phi) is 6.61. The molecule has 1 saturated heterocycles. The molecule has 0 aromatic heterocycles. The van der Waals surface area contributed by atoms with Crippen molar-refractivity contribution in [2.75, 3.05) is 31.6 Å². The highest BCUT2D eigenvalue weighted by atomic mass is 32.1. The maximum absolute atomic E-state index is 5.47. The maximum atomic E-state index is 5.47. The third-order valence-corrected chi connectivity index (χ3v) is 5.21. The van der Waals surface area contributed by atoms with Crippen molar-refractivity contribution >= 4 is 23.0 Å². The van der Waals surface area contributed by atoms with E-state index in [-0.39, 0.29) is 0 Å². The lowest BCUT2D eigenvalue weighted by atomic mass is 10.1. The van der Waals surface area contributed by atoms with Crippen molar-refractivity contribution in [1.82, 2.24) is 5.32 Å². The Morgan fingerprint density at radius 2 is 1.77 bits per heavy atom. The maximum Gasteiger partial charge on any atom is 0.171 e. The van der Waals surface area contributed by atoms with E-state index in [0.717, 1.165) is 45.1 Å². The molecule has 0 aliphatic carbocycles. The highest BCUT2D eigenvalue weighted by Gasteiger charge is 2.15. The topological polar surface area (TPSA) is 37.7 Å². The molecule has 2 aromatic rings. The molecule has 5 heteroatoms. The van der Waals surface area contributed by atoms with Gasteiger partial charge in [0.1, 0.15) is 19.6 Å². The van der Waals surface area contributed by atoms with Gasteiger partial charge in [0.25, 0.3) is 0 Å². The van der Waals surface area contributed by atoms with Gasteiger partial charge in [0.2, 0.25) is 0 Å². The third kappa shape index (κ3) is 5.27. The number of anilines is 1. The van der Waals surface area contributed by atoms with Gasteiger partial charge in [0.05, 0.1) is 13.2 Å². The molecule has 3 rings (SSSR count). The minimum Gasteiger partial charge on any atom is -0.370 e. The van der Waals surface area contributed by atoms with Crippen molar-refractivity contribution in [2.45, 2.75) is 26.9 Å². The largest absolute Gasteiger partial charge is 0.370 e. The quantitative estimate of drug-likeness (QED) is 0.706. The van der Waals surface area contributed by atoms with Crippen molar-refractivity contribution < 1.29 is 9.64 Å². The number of morpholine rings is 1. The van der Waals surface area contributed by atoms with Crippen LogP contribution in [0.3, 0.4) is 0 Å². The van der Waals surface area contributed by atoms with Crippen LogP contribution >= 0.6 is 12.2 Å². The number of benzene rings is 2. The van der Waals surface area contributed by atoms with Gasteiger partial charge in [-0.05, 0) is 54.9 Å². The molecule has 26 heavy (non-hydrogen) atoms. The van der Waals surface area contributed by atoms with Crippen LogP contribution in [0, 0.1) is 13.8 Å². The van der Waals surface area contributed by atoms with E-state index in [1.165, 1.54) is 22.3 Å². The zero-order chi connectivity index (χ0) is 18.4. The van der Waals surface area contributed by atoms with Crippen LogP contribution < -0.4 is 15.5 Å². The van der Waals surface area contributed by atoms with E-state index in [1.807, 2.05) is 0 Å². The molecular weight excluding hydrogens is 342 g/mol. The molecule has 1 heterocycles. The third-order valence-electron chi connectivity index (χ3n) is 4.96. The number of nitrogens with one attached hydrogen (secondary N) is 3. The predicted molar refractivity (Wildman–Crippen MR) is 111 cm³/mol. The zero-order valence-corrected chi connectivity index (χ0v) is 16.4. The van der Waals surface area contributed by atoms with E-state index in [9.17, 15) is 0 Å². The summed E-state index contributed by atoms with van der Waals surface area (Å²) in [4.78, 5) is 1.58. The molecule has 0 saturated carbocycles. The highest BCUT2D eigenvalue weighted by Crippen LogP contribution is 2.14. The highest BCUT2D eigenvalue weighted by molar-refractivity contribution is 7.80. The van der Waals surface area contributed by atoms with Gasteiger partial charge in [0, 0.05) is 17.8 Å². The molecule has 4 nitrogen and oxygen atoms in total. The molecule has 0 atom stereocenters. The lowest BCUT2D eigenvalue weighted by Crippen LogP contribution is -3.12. The number of quaternary nitrogens is 1. The van der Waals surface area contributed by atoms with Crippen LogP contribution in [0.5, 0.6) is 0 Å². The van der Waals surface area contributed by atoms with E-state index in [1.54, 1.807) is 4.90 Å². The van der Waals surface area contributed by atoms with Crippen molar-refractivity contribution in [3.05, 3.63) is 64.7 Å². The average Bonchev–Trinajstić information content (AvgIpc) is 2.65. The van der Waals surface area contributed by atoms with Crippen LogP contribution in [-0.4, -0.2) is 31.4 Å². The fraction of sp³-hybridized carbons (Fsp3) is 0.381. The van der Waals surface area contributed by atoms with Crippen molar-refractivity contribution in [1.29, 1.82) is 0 Å². The first kappa shape index (κ1) is 18.8. The number of ether oxygens (including phenoxy) is 1. The number of hydrogen-bond acceptors (Lipinski definition) is 2. The number of hydrogen-bond donors (Lipinski definition) is 3. The second-order valence-corrected chi connectivity index (χ2v) is 7.32. The molecule has 2 aromatic carbocycles. The summed E-state index contributed by atoms with van der Waals surface area (Å²) in [6.07, 6.45) is 0. The average molecular weight is 371 g/mol. The molecule has 0 spiro atoms. The second kappa shape index (κ2) is 9.12. The molecule has 0 unspecified atom stereocenters. The van der Waals surface area contributed by atoms with Crippen LogP contribution in [0.1, 0.15) is 22.3 Å². The first-order chi connectivity index (χ1) is 12.6. The van der Waals surface area contributed by atoms with Crippen LogP contribution in [0.2, 0.25) is 0 Å². The normalized spacial score (nSPS) is 14.8. The first-order valence-corrected chi connectivity index (χ1v) is 9.63. The first-order valence-electron chi connectivity index (χ1n) is 9.22. The molecule has 3 N–H and O–H groups in total. The minimum atomic E-state index is 0.654. The molecule has 1 aliphatic rings. The van der Waals surface area contributed by atoms with E-state index in [0.29, 0.717) is 5.11 Å². The Morgan fingerprint density at radius 1 is 1.04 bits per heavy atom. The van der Waals surface area contributed by atoms with Crippen LogP contribution in [-0.2, 0) is 17.8 Å². The molecule has 0 amide bonds. The van der Waals surface area contributed by atoms with Gasteiger partial charge >= 0.3 is 0 Å². The summed E-state index contributed by atoms with van der Waals surface area (Å²) < 4.78 is 5.46. The van der Waals surface area contributed by atoms with E-state index in [4.69, 9.17) is 17.0 Å². The monoisotopic (exact) mass is 370 g/mol. The van der Waals surface area contributed by atoms with Gasteiger partial charge < -0.3 is 20.3 Å². The smallest absolute Gasteiger partial charge is 0.171 e. The zero-order valence-electron chi connectivity index (χ0n) is 15.6. The summed E-state index contributed by atoms with van der Waals surface area (Å²) in [5, 5.41) is 7.28. The van der Waals surface area contributed by atoms with Gasteiger partial charge in [-0.15, -0.1) is 0 Å². The Hall–Kier alpha value is -1.95. The Balaban J connectivity index is 1.56. The van der Waals surface area contributed by atoms with Gasteiger partial charge in [-0.25, -0.2) is 0 Å². The SMILES string of the molecule is Cc1ccc(NC(=S)NCc2ccccc2C[NH+]2CCOCC2)cc1C. The summed E-state index contributed by atoms with van der Waals surface area (Å²) >= 11 is 5.47.